The molecular weight excluding hydrogens is 194 g/mol. The van der Waals surface area contributed by atoms with Crippen molar-refractivity contribution in [2.45, 2.75) is 84.1 Å². The SMILES string of the molecule is CCCCCC/C=C/CCCCC(C)(C)[NH]. The second kappa shape index (κ2) is 9.89. The molecule has 0 aliphatic heterocycles. The van der Waals surface area contributed by atoms with Crippen LogP contribution >= 0.6 is 0 Å². The summed E-state index contributed by atoms with van der Waals surface area (Å²) >= 11 is 0. The summed E-state index contributed by atoms with van der Waals surface area (Å²) in [4.78, 5) is 0. The quantitative estimate of drug-likeness (QED) is 0.362. The second-order valence-corrected chi connectivity index (χ2v) is 5.45. The minimum Gasteiger partial charge on any atom is -0.252 e. The Balaban J connectivity index is 3.16. The van der Waals surface area contributed by atoms with Crippen LogP contribution in [0, 0.1) is 0 Å². The molecule has 0 aliphatic carbocycles. The van der Waals surface area contributed by atoms with Crippen molar-refractivity contribution < 1.29 is 0 Å². The van der Waals surface area contributed by atoms with Gasteiger partial charge in [0, 0.05) is 5.54 Å². The lowest BCUT2D eigenvalue weighted by Gasteiger charge is -2.15. The lowest BCUT2D eigenvalue weighted by molar-refractivity contribution is 0.437. The van der Waals surface area contributed by atoms with Gasteiger partial charge in [0.2, 0.25) is 0 Å². The molecule has 0 aromatic heterocycles. The van der Waals surface area contributed by atoms with Gasteiger partial charge in [0.05, 0.1) is 0 Å². The largest absolute Gasteiger partial charge is 0.252 e. The Bertz CT molecular complexity index is 165. The van der Waals surface area contributed by atoms with E-state index in [9.17, 15) is 0 Å². The Kier molecular flexibility index (Phi) is 9.71. The van der Waals surface area contributed by atoms with Crippen molar-refractivity contribution in [2.75, 3.05) is 0 Å². The van der Waals surface area contributed by atoms with E-state index in [1.807, 2.05) is 13.8 Å². The first kappa shape index (κ1) is 15.7. The zero-order chi connectivity index (χ0) is 12.3. The molecule has 0 spiro atoms. The third kappa shape index (κ3) is 13.7. The molecule has 0 saturated heterocycles. The molecule has 0 bridgehead atoms. The van der Waals surface area contributed by atoms with Crippen molar-refractivity contribution in [1.29, 1.82) is 0 Å². The first-order chi connectivity index (χ1) is 7.56. The van der Waals surface area contributed by atoms with Crippen molar-refractivity contribution in [2.24, 2.45) is 0 Å². The summed E-state index contributed by atoms with van der Waals surface area (Å²) in [7, 11) is 0. The summed E-state index contributed by atoms with van der Waals surface area (Å²) in [6, 6.07) is 0. The molecule has 0 rings (SSSR count). The monoisotopic (exact) mass is 224 g/mol. The van der Waals surface area contributed by atoms with Gasteiger partial charge in [0.25, 0.3) is 0 Å². The molecule has 0 heterocycles. The standard InChI is InChI=1S/C15H30N/c1-4-5-6-7-8-9-10-11-12-13-14-15(2,3)16/h9-10,16H,4-8,11-14H2,1-3H3/b10-9+. The fraction of sp³-hybridized carbons (Fsp3) is 0.867. The average Bonchev–Trinajstić information content (AvgIpc) is 2.19. The summed E-state index contributed by atoms with van der Waals surface area (Å²) in [6.45, 7) is 6.25. The molecule has 16 heavy (non-hydrogen) atoms. The highest BCUT2D eigenvalue weighted by molar-refractivity contribution is 4.81. The van der Waals surface area contributed by atoms with Gasteiger partial charge in [-0.3, -0.25) is 5.73 Å². The first-order valence-corrected chi connectivity index (χ1v) is 6.96. The molecule has 0 aromatic carbocycles. The van der Waals surface area contributed by atoms with E-state index < -0.39 is 0 Å². The topological polar surface area (TPSA) is 23.8 Å². The summed E-state index contributed by atoms with van der Waals surface area (Å²) in [5, 5.41) is 0. The molecule has 0 fully saturated rings. The zero-order valence-electron chi connectivity index (χ0n) is 11.5. The van der Waals surface area contributed by atoms with Crippen LogP contribution in [-0.4, -0.2) is 5.54 Å². The van der Waals surface area contributed by atoms with E-state index in [2.05, 4.69) is 19.1 Å². The van der Waals surface area contributed by atoms with Crippen LogP contribution in [0.4, 0.5) is 0 Å². The predicted octanol–water partition coefficient (Wildman–Crippen LogP) is 5.13. The second-order valence-electron chi connectivity index (χ2n) is 5.45. The van der Waals surface area contributed by atoms with Crippen LogP contribution in [0.5, 0.6) is 0 Å². The van der Waals surface area contributed by atoms with Crippen LogP contribution in [0.1, 0.15) is 78.6 Å². The Hall–Kier alpha value is -0.300. The van der Waals surface area contributed by atoms with E-state index in [0.29, 0.717) is 0 Å². The molecule has 1 radical (unpaired) electrons. The van der Waals surface area contributed by atoms with Crippen LogP contribution in [0.25, 0.3) is 0 Å². The molecule has 1 heteroatoms. The zero-order valence-corrected chi connectivity index (χ0v) is 11.5. The summed E-state index contributed by atoms with van der Waals surface area (Å²) in [5.74, 6) is 0. The van der Waals surface area contributed by atoms with Gasteiger partial charge in [-0.25, -0.2) is 0 Å². The third-order valence-corrected chi connectivity index (χ3v) is 2.81. The van der Waals surface area contributed by atoms with Gasteiger partial charge in [-0.05, 0) is 46.0 Å². The number of rotatable bonds is 10. The van der Waals surface area contributed by atoms with Crippen LogP contribution in [-0.2, 0) is 0 Å². The van der Waals surface area contributed by atoms with Gasteiger partial charge in [0.15, 0.2) is 0 Å². The number of hydrogen-bond donors (Lipinski definition) is 0. The smallest absolute Gasteiger partial charge is 0.0267 e. The molecule has 0 saturated carbocycles. The molecule has 0 aliphatic rings. The van der Waals surface area contributed by atoms with Gasteiger partial charge in [-0.2, -0.15) is 0 Å². The molecule has 0 unspecified atom stereocenters. The van der Waals surface area contributed by atoms with Gasteiger partial charge in [-0.15, -0.1) is 0 Å². The van der Waals surface area contributed by atoms with Gasteiger partial charge in [-0.1, -0.05) is 44.8 Å². The van der Waals surface area contributed by atoms with Crippen LogP contribution in [0.3, 0.4) is 0 Å². The Labute approximate surface area is 102 Å². The minimum absolute atomic E-state index is 0.232. The molecular formula is C15H30N. The summed E-state index contributed by atoms with van der Waals surface area (Å²) in [5.41, 5.74) is 7.49. The summed E-state index contributed by atoms with van der Waals surface area (Å²) < 4.78 is 0. The third-order valence-electron chi connectivity index (χ3n) is 2.81. The Morgan fingerprint density at radius 2 is 1.44 bits per heavy atom. The number of allylic oxidation sites excluding steroid dienone is 2. The van der Waals surface area contributed by atoms with Crippen molar-refractivity contribution in [3.8, 4) is 0 Å². The lowest BCUT2D eigenvalue weighted by atomic mass is 9.98. The van der Waals surface area contributed by atoms with E-state index in [1.165, 1.54) is 51.4 Å². The highest BCUT2D eigenvalue weighted by atomic mass is 14.7. The highest BCUT2D eigenvalue weighted by Crippen LogP contribution is 2.12. The number of unbranched alkanes of at least 4 members (excludes halogenated alkanes) is 6. The normalized spacial score (nSPS) is 12.5. The first-order valence-electron chi connectivity index (χ1n) is 6.96. The highest BCUT2D eigenvalue weighted by Gasteiger charge is 2.09. The lowest BCUT2D eigenvalue weighted by Crippen LogP contribution is -2.20. The fourth-order valence-corrected chi connectivity index (χ4v) is 1.75. The fourth-order valence-electron chi connectivity index (χ4n) is 1.75. The van der Waals surface area contributed by atoms with Crippen LogP contribution < -0.4 is 5.73 Å². The maximum absolute atomic E-state index is 7.72. The average molecular weight is 224 g/mol. The minimum atomic E-state index is -0.232. The number of nitrogens with one attached hydrogen (secondary N) is 1. The Morgan fingerprint density at radius 3 is 1.94 bits per heavy atom. The van der Waals surface area contributed by atoms with E-state index in [1.54, 1.807) is 0 Å². The van der Waals surface area contributed by atoms with Gasteiger partial charge >= 0.3 is 0 Å². The maximum Gasteiger partial charge on any atom is 0.0267 e. The molecule has 0 amide bonds. The summed E-state index contributed by atoms with van der Waals surface area (Å²) in [6.07, 6.45) is 16.0. The van der Waals surface area contributed by atoms with Gasteiger partial charge < -0.3 is 0 Å². The van der Waals surface area contributed by atoms with Crippen molar-refractivity contribution in [3.05, 3.63) is 12.2 Å². The predicted molar refractivity (Wildman–Crippen MR) is 73.5 cm³/mol. The molecule has 0 atom stereocenters. The van der Waals surface area contributed by atoms with E-state index in [-0.39, 0.29) is 5.54 Å². The molecule has 0 aromatic rings. The molecule has 95 valence electrons. The maximum atomic E-state index is 7.72. The van der Waals surface area contributed by atoms with Crippen LogP contribution in [0.15, 0.2) is 12.2 Å². The molecule has 1 N–H and O–H groups in total. The van der Waals surface area contributed by atoms with E-state index in [4.69, 9.17) is 5.73 Å². The Morgan fingerprint density at radius 1 is 0.875 bits per heavy atom. The van der Waals surface area contributed by atoms with E-state index in [0.717, 1.165) is 6.42 Å². The van der Waals surface area contributed by atoms with E-state index >= 15 is 0 Å². The van der Waals surface area contributed by atoms with Crippen molar-refractivity contribution >= 4 is 0 Å². The van der Waals surface area contributed by atoms with Crippen molar-refractivity contribution in [3.63, 3.8) is 0 Å². The molecule has 1 nitrogen and oxygen atoms in total. The van der Waals surface area contributed by atoms with Crippen LogP contribution in [0.2, 0.25) is 0 Å². The van der Waals surface area contributed by atoms with Crippen molar-refractivity contribution in [1.82, 2.24) is 5.73 Å². The van der Waals surface area contributed by atoms with Gasteiger partial charge in [0.1, 0.15) is 0 Å². The number of hydrogen-bond acceptors (Lipinski definition) is 0.